The molecule has 1 N–H and O–H groups in total. The van der Waals surface area contributed by atoms with E-state index in [1.54, 1.807) is 18.9 Å². The van der Waals surface area contributed by atoms with Gasteiger partial charge in [0, 0.05) is 17.9 Å². The average Bonchev–Trinajstić information content (AvgIpc) is 2.26. The monoisotopic (exact) mass is 240 g/mol. The third-order valence-electron chi connectivity index (χ3n) is 2.63. The highest BCUT2D eigenvalue weighted by Gasteiger charge is 2.38. The van der Waals surface area contributed by atoms with E-state index in [1.165, 1.54) is 4.90 Å². The Kier molecular flexibility index (Phi) is 4.23. The smallest absolute Gasteiger partial charge is 0.115 e. The third kappa shape index (κ3) is 2.77. The van der Waals surface area contributed by atoms with Gasteiger partial charge in [0.2, 0.25) is 0 Å². The van der Waals surface area contributed by atoms with Crippen LogP contribution in [0, 0.1) is 5.92 Å². The van der Waals surface area contributed by atoms with Gasteiger partial charge in [0.15, 0.2) is 0 Å². The van der Waals surface area contributed by atoms with Crippen LogP contribution in [0.3, 0.4) is 0 Å². The first-order valence-corrected chi connectivity index (χ1v) is 6.19. The van der Waals surface area contributed by atoms with Crippen LogP contribution in [-0.2, 0) is 9.47 Å². The number of methoxy groups -OCH3 is 1. The average molecular weight is 240 g/mol. The minimum Gasteiger partial charge on any atom is -0.390 e. The molecule has 1 aliphatic rings. The second-order valence-corrected chi connectivity index (χ2v) is 4.99. The van der Waals surface area contributed by atoms with E-state index in [9.17, 15) is 5.11 Å². The molecule has 16 heavy (non-hydrogen) atoms. The fourth-order valence-electron chi connectivity index (χ4n) is 1.63. The number of hydrogen-bond donors (Lipinski definition) is 1. The van der Waals surface area contributed by atoms with Gasteiger partial charge in [-0.3, -0.25) is 0 Å². The summed E-state index contributed by atoms with van der Waals surface area (Å²) in [5, 5.41) is 9.80. The largest absolute Gasteiger partial charge is 0.390 e. The number of ether oxygens (including phenoxy) is 2. The summed E-state index contributed by atoms with van der Waals surface area (Å²) in [6.07, 6.45) is -0.431. The first kappa shape index (κ1) is 11.9. The van der Waals surface area contributed by atoms with E-state index >= 15 is 0 Å². The summed E-state index contributed by atoms with van der Waals surface area (Å²) >= 11 is 1.65. The summed E-state index contributed by atoms with van der Waals surface area (Å²) in [7, 11) is 1.60. The van der Waals surface area contributed by atoms with Crippen molar-refractivity contribution in [3.05, 3.63) is 30.3 Å². The van der Waals surface area contributed by atoms with Crippen molar-refractivity contribution in [1.82, 2.24) is 0 Å². The van der Waals surface area contributed by atoms with Crippen molar-refractivity contribution in [1.29, 1.82) is 0 Å². The number of aliphatic hydroxyl groups excluding tert-OH is 1. The first-order chi connectivity index (χ1) is 7.81. The molecule has 0 aliphatic carbocycles. The molecule has 0 aromatic heterocycles. The van der Waals surface area contributed by atoms with Crippen LogP contribution in [-0.4, -0.2) is 37.0 Å². The quantitative estimate of drug-likeness (QED) is 0.851. The van der Waals surface area contributed by atoms with Crippen molar-refractivity contribution in [2.24, 2.45) is 5.92 Å². The Bertz CT molecular complexity index is 317. The summed E-state index contributed by atoms with van der Waals surface area (Å²) in [6, 6.07) is 10.1. The summed E-state index contributed by atoms with van der Waals surface area (Å²) in [4.78, 5) is 1.17. The Morgan fingerprint density at radius 3 is 2.81 bits per heavy atom. The van der Waals surface area contributed by atoms with E-state index in [2.05, 4.69) is 0 Å². The SMILES string of the molecule is COC[C@@H](O)[C@H]1CO[C@@H]1Sc1ccccc1. The summed E-state index contributed by atoms with van der Waals surface area (Å²) in [6.45, 7) is 0.995. The van der Waals surface area contributed by atoms with Crippen LogP contribution in [0.2, 0.25) is 0 Å². The fraction of sp³-hybridized carbons (Fsp3) is 0.500. The van der Waals surface area contributed by atoms with E-state index in [-0.39, 0.29) is 11.4 Å². The highest BCUT2D eigenvalue weighted by atomic mass is 32.2. The lowest BCUT2D eigenvalue weighted by molar-refractivity contribution is -0.125. The van der Waals surface area contributed by atoms with Crippen LogP contribution >= 0.6 is 11.8 Å². The zero-order valence-corrected chi connectivity index (χ0v) is 10.0. The van der Waals surface area contributed by atoms with Crippen LogP contribution in [0.5, 0.6) is 0 Å². The number of aliphatic hydroxyl groups is 1. The van der Waals surface area contributed by atoms with Crippen molar-refractivity contribution in [2.45, 2.75) is 16.4 Å². The van der Waals surface area contributed by atoms with Gasteiger partial charge >= 0.3 is 0 Å². The van der Waals surface area contributed by atoms with Gasteiger partial charge < -0.3 is 14.6 Å². The van der Waals surface area contributed by atoms with Gasteiger partial charge in [0.25, 0.3) is 0 Å². The maximum absolute atomic E-state index is 9.80. The molecule has 1 heterocycles. The maximum Gasteiger partial charge on any atom is 0.115 e. The number of thioether (sulfide) groups is 1. The Balaban J connectivity index is 1.87. The van der Waals surface area contributed by atoms with Gasteiger partial charge in [0.05, 0.1) is 19.3 Å². The molecular weight excluding hydrogens is 224 g/mol. The van der Waals surface area contributed by atoms with Crippen molar-refractivity contribution < 1.29 is 14.6 Å². The molecule has 0 radical (unpaired) electrons. The normalized spacial score (nSPS) is 26.1. The maximum atomic E-state index is 9.80. The van der Waals surface area contributed by atoms with Crippen LogP contribution in [0.25, 0.3) is 0 Å². The Morgan fingerprint density at radius 2 is 2.25 bits per heavy atom. The van der Waals surface area contributed by atoms with Crippen LogP contribution in [0.15, 0.2) is 35.2 Å². The molecule has 1 aromatic rings. The fourth-order valence-corrected chi connectivity index (χ4v) is 2.79. The standard InChI is InChI=1S/C12H16O3S/c1-14-8-11(13)10-7-15-12(10)16-9-5-3-2-4-6-9/h2-6,10-13H,7-8H2,1H3/t10-,11-,12-/m1/s1. The molecule has 1 aliphatic heterocycles. The van der Waals surface area contributed by atoms with E-state index in [4.69, 9.17) is 9.47 Å². The minimum atomic E-state index is -0.431. The molecule has 3 atom stereocenters. The molecule has 1 fully saturated rings. The zero-order chi connectivity index (χ0) is 11.4. The van der Waals surface area contributed by atoms with Crippen LogP contribution < -0.4 is 0 Å². The third-order valence-corrected chi connectivity index (χ3v) is 3.89. The van der Waals surface area contributed by atoms with Crippen molar-refractivity contribution >= 4 is 11.8 Å². The second kappa shape index (κ2) is 5.68. The molecule has 3 nitrogen and oxygen atoms in total. The van der Waals surface area contributed by atoms with Gasteiger partial charge in [-0.05, 0) is 12.1 Å². The highest BCUT2D eigenvalue weighted by Crippen LogP contribution is 2.37. The van der Waals surface area contributed by atoms with Crippen LogP contribution in [0.4, 0.5) is 0 Å². The lowest BCUT2D eigenvalue weighted by Crippen LogP contribution is -2.46. The van der Waals surface area contributed by atoms with Crippen LogP contribution in [0.1, 0.15) is 0 Å². The van der Waals surface area contributed by atoms with Gasteiger partial charge in [-0.1, -0.05) is 30.0 Å². The van der Waals surface area contributed by atoms with E-state index in [0.29, 0.717) is 13.2 Å². The molecule has 1 aromatic carbocycles. The number of rotatable bonds is 5. The van der Waals surface area contributed by atoms with E-state index in [1.807, 2.05) is 30.3 Å². The Labute approximate surface area is 99.8 Å². The number of benzene rings is 1. The Morgan fingerprint density at radius 1 is 1.50 bits per heavy atom. The van der Waals surface area contributed by atoms with Crippen molar-refractivity contribution in [3.63, 3.8) is 0 Å². The molecule has 4 heteroatoms. The first-order valence-electron chi connectivity index (χ1n) is 5.31. The van der Waals surface area contributed by atoms with Gasteiger partial charge in [0.1, 0.15) is 5.44 Å². The highest BCUT2D eigenvalue weighted by molar-refractivity contribution is 7.99. The lowest BCUT2D eigenvalue weighted by atomic mass is 10.0. The molecule has 88 valence electrons. The van der Waals surface area contributed by atoms with E-state index < -0.39 is 6.10 Å². The van der Waals surface area contributed by atoms with E-state index in [0.717, 1.165) is 0 Å². The molecule has 0 unspecified atom stereocenters. The van der Waals surface area contributed by atoms with Gasteiger partial charge in [-0.2, -0.15) is 0 Å². The predicted octanol–water partition coefficient (Wildman–Crippen LogP) is 1.76. The predicted molar refractivity (Wildman–Crippen MR) is 63.4 cm³/mol. The zero-order valence-electron chi connectivity index (χ0n) is 9.20. The van der Waals surface area contributed by atoms with Crippen molar-refractivity contribution in [3.8, 4) is 0 Å². The van der Waals surface area contributed by atoms with Gasteiger partial charge in [-0.15, -0.1) is 0 Å². The minimum absolute atomic E-state index is 0.0487. The lowest BCUT2D eigenvalue weighted by Gasteiger charge is -2.38. The summed E-state index contributed by atoms with van der Waals surface area (Å²) in [5.74, 6) is 0.171. The molecule has 0 amide bonds. The topological polar surface area (TPSA) is 38.7 Å². The molecule has 2 rings (SSSR count). The summed E-state index contributed by atoms with van der Waals surface area (Å²) < 4.78 is 10.4. The molecule has 1 saturated heterocycles. The summed E-state index contributed by atoms with van der Waals surface area (Å²) in [5.41, 5.74) is 0.0487. The number of hydrogen-bond acceptors (Lipinski definition) is 4. The molecule has 0 spiro atoms. The second-order valence-electron chi connectivity index (χ2n) is 3.82. The molecule has 0 saturated carbocycles. The Hall–Kier alpha value is -0.550. The van der Waals surface area contributed by atoms with Crippen molar-refractivity contribution in [2.75, 3.05) is 20.3 Å². The van der Waals surface area contributed by atoms with Gasteiger partial charge in [-0.25, -0.2) is 0 Å². The molecular formula is C12H16O3S. The molecule has 0 bridgehead atoms.